The highest BCUT2D eigenvalue weighted by Crippen LogP contribution is 2.42. The average Bonchev–Trinajstić information content (AvgIpc) is 3.22. The largest absolute Gasteiger partial charge is 0.463 e. The highest BCUT2D eigenvalue weighted by Gasteiger charge is 2.41. The Balaban J connectivity index is 1.52. The number of carbonyl (C=O) groups excluding carboxylic acids is 1. The normalized spacial score (nSPS) is 28.9. The molecule has 3 aliphatic heterocycles. The minimum Gasteiger partial charge on any atom is -0.463 e. The van der Waals surface area contributed by atoms with E-state index in [4.69, 9.17) is 4.42 Å². The van der Waals surface area contributed by atoms with E-state index in [1.54, 1.807) is 13.2 Å². The summed E-state index contributed by atoms with van der Waals surface area (Å²) in [5.41, 5.74) is 2.19. The van der Waals surface area contributed by atoms with Gasteiger partial charge in [-0.3, -0.25) is 14.4 Å². The van der Waals surface area contributed by atoms with Gasteiger partial charge in [0.1, 0.15) is 5.69 Å². The Hall–Kier alpha value is -2.08. The second kappa shape index (κ2) is 6.09. The van der Waals surface area contributed by atoms with Crippen LogP contribution in [0, 0.1) is 5.92 Å². The first-order valence-electron chi connectivity index (χ1n) is 8.68. The van der Waals surface area contributed by atoms with Gasteiger partial charge in [0.05, 0.1) is 6.26 Å². The molecule has 0 aliphatic carbocycles. The topological polar surface area (TPSA) is 63.3 Å². The molecule has 3 fully saturated rings. The molecule has 6 nitrogen and oxygen atoms in total. The van der Waals surface area contributed by atoms with Gasteiger partial charge in [-0.05, 0) is 43.5 Å². The molecule has 0 saturated carbocycles. The standard InChI is InChI=1S/C18H24N4O2/c1-12(23)19-10-14-8-13-5-6-22(14)11-15(13)17-9-16(20-21(17)2)18-4-3-7-24-18/h3-4,7,9,13-15H,5-6,8,10-11H2,1-2H3,(H,19,23)/t13-,14-,15+/m1/s1. The van der Waals surface area contributed by atoms with Crippen LogP contribution in [0.1, 0.15) is 31.4 Å². The summed E-state index contributed by atoms with van der Waals surface area (Å²) in [7, 11) is 2.02. The minimum atomic E-state index is 0.0592. The molecule has 1 unspecified atom stereocenters. The summed E-state index contributed by atoms with van der Waals surface area (Å²) in [6.07, 6.45) is 4.05. The number of rotatable bonds is 4. The van der Waals surface area contributed by atoms with Crippen LogP contribution in [-0.2, 0) is 11.8 Å². The molecule has 3 saturated heterocycles. The fraction of sp³-hybridized carbons (Fsp3) is 0.556. The smallest absolute Gasteiger partial charge is 0.216 e. The van der Waals surface area contributed by atoms with Gasteiger partial charge in [0, 0.05) is 44.7 Å². The number of piperidine rings is 3. The fourth-order valence-corrected chi connectivity index (χ4v) is 4.32. The molecular formula is C18H24N4O2. The van der Waals surface area contributed by atoms with E-state index < -0.39 is 0 Å². The first kappa shape index (κ1) is 15.4. The second-order valence-corrected chi connectivity index (χ2v) is 7.03. The van der Waals surface area contributed by atoms with Crippen LogP contribution in [-0.4, -0.2) is 46.3 Å². The van der Waals surface area contributed by atoms with Crippen LogP contribution >= 0.6 is 0 Å². The first-order chi connectivity index (χ1) is 11.6. The molecule has 3 aliphatic rings. The lowest BCUT2D eigenvalue weighted by atomic mass is 9.74. The van der Waals surface area contributed by atoms with E-state index in [-0.39, 0.29) is 5.91 Å². The van der Waals surface area contributed by atoms with Crippen molar-refractivity contribution in [2.45, 2.75) is 31.7 Å². The zero-order valence-electron chi connectivity index (χ0n) is 14.2. The molecule has 5 heterocycles. The van der Waals surface area contributed by atoms with Gasteiger partial charge in [-0.1, -0.05) is 0 Å². The van der Waals surface area contributed by atoms with E-state index >= 15 is 0 Å². The Morgan fingerprint density at radius 1 is 1.50 bits per heavy atom. The van der Waals surface area contributed by atoms with Gasteiger partial charge in [-0.2, -0.15) is 5.10 Å². The van der Waals surface area contributed by atoms with Crippen LogP contribution in [0.25, 0.3) is 11.5 Å². The van der Waals surface area contributed by atoms with Crippen molar-refractivity contribution < 1.29 is 9.21 Å². The Morgan fingerprint density at radius 3 is 3.04 bits per heavy atom. The molecule has 0 radical (unpaired) electrons. The number of nitrogens with one attached hydrogen (secondary N) is 1. The van der Waals surface area contributed by atoms with Crippen molar-refractivity contribution in [3.8, 4) is 11.5 Å². The predicted molar refractivity (Wildman–Crippen MR) is 90.4 cm³/mol. The van der Waals surface area contributed by atoms with Crippen LogP contribution in [0.15, 0.2) is 28.9 Å². The van der Waals surface area contributed by atoms with Gasteiger partial charge in [-0.15, -0.1) is 0 Å². The molecule has 24 heavy (non-hydrogen) atoms. The van der Waals surface area contributed by atoms with Gasteiger partial charge in [0.2, 0.25) is 5.91 Å². The quantitative estimate of drug-likeness (QED) is 0.932. The summed E-state index contributed by atoms with van der Waals surface area (Å²) < 4.78 is 7.49. The molecular weight excluding hydrogens is 304 g/mol. The van der Waals surface area contributed by atoms with Gasteiger partial charge >= 0.3 is 0 Å². The number of hydrogen-bond donors (Lipinski definition) is 1. The zero-order chi connectivity index (χ0) is 16.7. The maximum absolute atomic E-state index is 11.2. The molecule has 2 bridgehead atoms. The van der Waals surface area contributed by atoms with Gasteiger partial charge in [-0.25, -0.2) is 0 Å². The van der Waals surface area contributed by atoms with Gasteiger partial charge < -0.3 is 9.73 Å². The van der Waals surface area contributed by atoms with Crippen molar-refractivity contribution >= 4 is 5.91 Å². The lowest BCUT2D eigenvalue weighted by molar-refractivity contribution is -0.119. The van der Waals surface area contributed by atoms with Crippen LogP contribution in [0.2, 0.25) is 0 Å². The number of amides is 1. The summed E-state index contributed by atoms with van der Waals surface area (Å²) in [5.74, 6) is 2.05. The molecule has 5 rings (SSSR count). The van der Waals surface area contributed by atoms with Crippen LogP contribution in [0.3, 0.4) is 0 Å². The molecule has 4 atom stereocenters. The van der Waals surface area contributed by atoms with E-state index in [2.05, 4.69) is 21.4 Å². The summed E-state index contributed by atoms with van der Waals surface area (Å²) in [6.45, 7) is 4.53. The van der Waals surface area contributed by atoms with E-state index in [0.29, 0.717) is 17.9 Å². The summed E-state index contributed by atoms with van der Waals surface area (Å²) >= 11 is 0. The number of fused-ring (bicyclic) bond motifs is 3. The van der Waals surface area contributed by atoms with Crippen LogP contribution in [0.5, 0.6) is 0 Å². The Labute approximate surface area is 141 Å². The summed E-state index contributed by atoms with van der Waals surface area (Å²) in [4.78, 5) is 13.7. The Kier molecular flexibility index (Phi) is 3.92. The van der Waals surface area contributed by atoms with Crippen molar-refractivity contribution in [1.29, 1.82) is 0 Å². The van der Waals surface area contributed by atoms with E-state index in [0.717, 1.165) is 37.5 Å². The molecule has 2 aromatic rings. The van der Waals surface area contributed by atoms with E-state index in [1.165, 1.54) is 12.1 Å². The fourth-order valence-electron chi connectivity index (χ4n) is 4.32. The zero-order valence-corrected chi connectivity index (χ0v) is 14.2. The van der Waals surface area contributed by atoms with E-state index in [9.17, 15) is 4.79 Å². The SMILES string of the molecule is CC(=O)NC[C@H]1C[C@H]2CCN1C[C@@H]2c1cc(-c2ccco2)nn1C. The maximum Gasteiger partial charge on any atom is 0.216 e. The number of hydrogen-bond acceptors (Lipinski definition) is 4. The van der Waals surface area contributed by atoms with Gasteiger partial charge in [0.25, 0.3) is 0 Å². The third kappa shape index (κ3) is 2.75. The second-order valence-electron chi connectivity index (χ2n) is 7.03. The Morgan fingerprint density at radius 2 is 2.38 bits per heavy atom. The first-order valence-corrected chi connectivity index (χ1v) is 8.68. The average molecular weight is 328 g/mol. The number of nitrogens with zero attached hydrogens (tertiary/aromatic N) is 3. The summed E-state index contributed by atoms with van der Waals surface area (Å²) in [5, 5.41) is 7.62. The lowest BCUT2D eigenvalue weighted by Gasteiger charge is -2.49. The maximum atomic E-state index is 11.2. The highest BCUT2D eigenvalue weighted by atomic mass is 16.3. The number of furan rings is 1. The molecule has 2 aromatic heterocycles. The molecule has 6 heteroatoms. The lowest BCUT2D eigenvalue weighted by Crippen LogP contribution is -2.56. The van der Waals surface area contributed by atoms with E-state index in [1.807, 2.05) is 23.9 Å². The summed E-state index contributed by atoms with van der Waals surface area (Å²) in [6, 6.07) is 6.49. The van der Waals surface area contributed by atoms with Crippen molar-refractivity contribution in [1.82, 2.24) is 20.0 Å². The monoisotopic (exact) mass is 328 g/mol. The van der Waals surface area contributed by atoms with Gasteiger partial charge in [0.15, 0.2) is 5.76 Å². The molecule has 1 amide bonds. The molecule has 0 aromatic carbocycles. The predicted octanol–water partition coefficient (Wildman–Crippen LogP) is 1.99. The number of aryl methyl sites for hydroxylation is 1. The van der Waals surface area contributed by atoms with Crippen LogP contribution < -0.4 is 5.32 Å². The number of carbonyl (C=O) groups is 1. The minimum absolute atomic E-state index is 0.0592. The third-order valence-electron chi connectivity index (χ3n) is 5.53. The highest BCUT2D eigenvalue weighted by molar-refractivity contribution is 5.72. The number of aromatic nitrogens is 2. The van der Waals surface area contributed by atoms with Crippen molar-refractivity contribution in [2.24, 2.45) is 13.0 Å². The van der Waals surface area contributed by atoms with Crippen molar-refractivity contribution in [3.63, 3.8) is 0 Å². The molecule has 128 valence electrons. The third-order valence-corrected chi connectivity index (χ3v) is 5.53. The van der Waals surface area contributed by atoms with Crippen molar-refractivity contribution in [3.05, 3.63) is 30.2 Å². The van der Waals surface area contributed by atoms with Crippen molar-refractivity contribution in [2.75, 3.05) is 19.6 Å². The molecule has 1 N–H and O–H groups in total. The molecule has 0 spiro atoms. The Bertz CT molecular complexity index is 721. The van der Waals surface area contributed by atoms with Crippen LogP contribution in [0.4, 0.5) is 0 Å².